The molecule has 1 aromatic carbocycles. The van der Waals surface area contributed by atoms with Crippen molar-refractivity contribution < 1.29 is 4.79 Å². The van der Waals surface area contributed by atoms with Gasteiger partial charge in [-0.05, 0) is 33.1 Å². The molecule has 3 N–H and O–H groups in total. The Morgan fingerprint density at radius 2 is 1.80 bits per heavy atom. The van der Waals surface area contributed by atoms with Crippen molar-refractivity contribution in [1.82, 2.24) is 10.3 Å². The Bertz CT molecular complexity index is 697. The number of halogens is 1. The fourth-order valence-electron chi connectivity index (χ4n) is 2.63. The molecule has 1 heterocycles. The van der Waals surface area contributed by atoms with Crippen molar-refractivity contribution in [3.8, 4) is 10.6 Å². The third-order valence-electron chi connectivity index (χ3n) is 3.95. The van der Waals surface area contributed by atoms with Gasteiger partial charge in [-0.25, -0.2) is 4.98 Å². The van der Waals surface area contributed by atoms with Crippen LogP contribution in [0, 0.1) is 19.8 Å². The minimum atomic E-state index is -0.461. The van der Waals surface area contributed by atoms with Crippen LogP contribution in [0.4, 0.5) is 0 Å². The van der Waals surface area contributed by atoms with Crippen LogP contribution in [0.3, 0.4) is 0 Å². The Morgan fingerprint density at radius 3 is 2.36 bits per heavy atom. The topological polar surface area (TPSA) is 68.0 Å². The van der Waals surface area contributed by atoms with E-state index in [0.717, 1.165) is 21.1 Å². The van der Waals surface area contributed by atoms with Crippen molar-refractivity contribution in [2.24, 2.45) is 11.7 Å². The van der Waals surface area contributed by atoms with E-state index in [2.05, 4.69) is 55.3 Å². The Morgan fingerprint density at radius 1 is 1.20 bits per heavy atom. The molecule has 0 radical (unpaired) electrons. The molecular formula is C19H28ClN3OS. The highest BCUT2D eigenvalue weighted by atomic mass is 35.5. The van der Waals surface area contributed by atoms with Crippen LogP contribution in [0.25, 0.3) is 10.6 Å². The summed E-state index contributed by atoms with van der Waals surface area (Å²) in [5.41, 5.74) is 9.26. The third kappa shape index (κ3) is 5.80. The van der Waals surface area contributed by atoms with E-state index in [1.165, 1.54) is 5.56 Å². The largest absolute Gasteiger partial charge is 0.347 e. The Kier molecular flexibility index (Phi) is 8.06. The highest BCUT2D eigenvalue weighted by Crippen LogP contribution is 2.31. The maximum absolute atomic E-state index is 12.2. The molecule has 2 atom stereocenters. The number of hydrogen-bond acceptors (Lipinski definition) is 4. The standard InChI is InChI=1S/C19H27N3OS.ClH/c1-11(2)10-16(20)18(23)21-13(4)17-14(5)22-19(24-17)15-8-6-12(3)7-9-15;/h6-9,11,13,16H,10,20H2,1-5H3,(H,21,23);1H/t13?,16-;/m0./s1. The average Bonchev–Trinajstić information content (AvgIpc) is 2.89. The predicted octanol–water partition coefficient (Wildman–Crippen LogP) is 4.40. The van der Waals surface area contributed by atoms with Crippen LogP contribution in [-0.4, -0.2) is 16.9 Å². The second-order valence-corrected chi connectivity index (χ2v) is 7.83. The van der Waals surface area contributed by atoms with Gasteiger partial charge in [-0.1, -0.05) is 43.7 Å². The molecule has 2 aromatic rings. The Balaban J connectivity index is 0.00000312. The molecule has 1 unspecified atom stereocenters. The molecule has 0 fully saturated rings. The first-order valence-electron chi connectivity index (χ1n) is 8.38. The highest BCUT2D eigenvalue weighted by molar-refractivity contribution is 7.15. The van der Waals surface area contributed by atoms with Crippen LogP contribution >= 0.6 is 23.7 Å². The molecule has 1 aromatic heterocycles. The van der Waals surface area contributed by atoms with Gasteiger partial charge in [0.2, 0.25) is 5.91 Å². The Labute approximate surface area is 160 Å². The molecule has 6 heteroatoms. The van der Waals surface area contributed by atoms with Gasteiger partial charge < -0.3 is 11.1 Å². The zero-order valence-corrected chi connectivity index (χ0v) is 17.1. The van der Waals surface area contributed by atoms with Crippen LogP contribution in [0.15, 0.2) is 24.3 Å². The van der Waals surface area contributed by atoms with Gasteiger partial charge in [0.1, 0.15) is 5.01 Å². The number of nitrogens with two attached hydrogens (primary N) is 1. The van der Waals surface area contributed by atoms with Gasteiger partial charge in [-0.3, -0.25) is 4.79 Å². The summed E-state index contributed by atoms with van der Waals surface area (Å²) in [6, 6.07) is 7.78. The number of rotatable bonds is 6. The van der Waals surface area contributed by atoms with E-state index in [-0.39, 0.29) is 24.4 Å². The number of thiazole rings is 1. The van der Waals surface area contributed by atoms with E-state index in [1.54, 1.807) is 11.3 Å². The fraction of sp³-hybridized carbons (Fsp3) is 0.474. The lowest BCUT2D eigenvalue weighted by molar-refractivity contribution is -0.123. The first kappa shape index (κ1) is 21.6. The molecule has 0 saturated heterocycles. The van der Waals surface area contributed by atoms with Crippen LogP contribution < -0.4 is 11.1 Å². The fourth-order valence-corrected chi connectivity index (χ4v) is 3.70. The molecule has 0 spiro atoms. The lowest BCUT2D eigenvalue weighted by Crippen LogP contribution is -2.42. The number of carbonyl (C=O) groups excluding carboxylic acids is 1. The summed E-state index contributed by atoms with van der Waals surface area (Å²) in [6.45, 7) is 10.2. The number of aryl methyl sites for hydroxylation is 2. The van der Waals surface area contributed by atoms with Gasteiger partial charge in [0, 0.05) is 5.56 Å². The zero-order chi connectivity index (χ0) is 17.9. The van der Waals surface area contributed by atoms with E-state index in [4.69, 9.17) is 5.73 Å². The third-order valence-corrected chi connectivity index (χ3v) is 5.33. The van der Waals surface area contributed by atoms with E-state index in [9.17, 15) is 4.79 Å². The van der Waals surface area contributed by atoms with Gasteiger partial charge in [0.15, 0.2) is 0 Å². The lowest BCUT2D eigenvalue weighted by Gasteiger charge is -2.18. The van der Waals surface area contributed by atoms with Crippen molar-refractivity contribution in [1.29, 1.82) is 0 Å². The summed E-state index contributed by atoms with van der Waals surface area (Å²) in [5.74, 6) is 0.306. The summed E-state index contributed by atoms with van der Waals surface area (Å²) in [6.07, 6.45) is 0.689. The number of amides is 1. The summed E-state index contributed by atoms with van der Waals surface area (Å²) in [7, 11) is 0. The number of nitrogens with one attached hydrogen (secondary N) is 1. The molecular weight excluding hydrogens is 354 g/mol. The lowest BCUT2D eigenvalue weighted by atomic mass is 10.0. The molecule has 0 aliphatic rings. The zero-order valence-electron chi connectivity index (χ0n) is 15.5. The van der Waals surface area contributed by atoms with E-state index >= 15 is 0 Å². The smallest absolute Gasteiger partial charge is 0.237 e. The molecule has 0 aliphatic heterocycles. The normalized spacial score (nSPS) is 13.2. The molecule has 0 aliphatic carbocycles. The van der Waals surface area contributed by atoms with Gasteiger partial charge in [0.25, 0.3) is 0 Å². The molecule has 25 heavy (non-hydrogen) atoms. The number of carbonyl (C=O) groups is 1. The average molecular weight is 382 g/mol. The summed E-state index contributed by atoms with van der Waals surface area (Å²) in [5, 5.41) is 4.00. The maximum atomic E-state index is 12.2. The van der Waals surface area contributed by atoms with Crippen molar-refractivity contribution in [2.75, 3.05) is 0 Å². The van der Waals surface area contributed by atoms with Crippen LogP contribution in [-0.2, 0) is 4.79 Å². The number of aromatic nitrogens is 1. The monoisotopic (exact) mass is 381 g/mol. The molecule has 0 bridgehead atoms. The van der Waals surface area contributed by atoms with Gasteiger partial charge in [-0.15, -0.1) is 23.7 Å². The first-order chi connectivity index (χ1) is 11.3. The maximum Gasteiger partial charge on any atom is 0.237 e. The molecule has 2 rings (SSSR count). The summed E-state index contributed by atoms with van der Waals surface area (Å²) in [4.78, 5) is 18.0. The van der Waals surface area contributed by atoms with Crippen LogP contribution in [0.2, 0.25) is 0 Å². The quantitative estimate of drug-likeness (QED) is 0.779. The van der Waals surface area contributed by atoms with E-state index in [1.807, 2.05) is 13.8 Å². The first-order valence-corrected chi connectivity index (χ1v) is 9.20. The number of benzene rings is 1. The molecule has 4 nitrogen and oxygen atoms in total. The predicted molar refractivity (Wildman–Crippen MR) is 108 cm³/mol. The number of hydrogen-bond donors (Lipinski definition) is 2. The Hall–Kier alpha value is -1.43. The van der Waals surface area contributed by atoms with Gasteiger partial charge in [-0.2, -0.15) is 0 Å². The van der Waals surface area contributed by atoms with Crippen molar-refractivity contribution in [3.05, 3.63) is 40.4 Å². The summed E-state index contributed by atoms with van der Waals surface area (Å²) < 4.78 is 0. The SMILES string of the molecule is Cc1ccc(-c2nc(C)c(C(C)NC(=O)[C@@H](N)CC(C)C)s2)cc1.Cl. The minimum absolute atomic E-state index is 0. The minimum Gasteiger partial charge on any atom is -0.347 e. The van der Waals surface area contributed by atoms with Crippen LogP contribution in [0.1, 0.15) is 49.4 Å². The van der Waals surface area contributed by atoms with Gasteiger partial charge >= 0.3 is 0 Å². The van der Waals surface area contributed by atoms with E-state index in [0.29, 0.717) is 12.3 Å². The summed E-state index contributed by atoms with van der Waals surface area (Å²) >= 11 is 1.63. The second-order valence-electron chi connectivity index (χ2n) is 6.80. The number of nitrogens with zero attached hydrogens (tertiary/aromatic N) is 1. The highest BCUT2D eigenvalue weighted by Gasteiger charge is 2.21. The van der Waals surface area contributed by atoms with E-state index < -0.39 is 6.04 Å². The molecule has 138 valence electrons. The van der Waals surface area contributed by atoms with Crippen molar-refractivity contribution in [2.45, 2.75) is 53.1 Å². The van der Waals surface area contributed by atoms with Crippen LogP contribution in [0.5, 0.6) is 0 Å². The van der Waals surface area contributed by atoms with Crippen molar-refractivity contribution >= 4 is 29.7 Å². The second kappa shape index (κ2) is 9.32. The van der Waals surface area contributed by atoms with Crippen molar-refractivity contribution in [3.63, 3.8) is 0 Å². The van der Waals surface area contributed by atoms with Gasteiger partial charge in [0.05, 0.1) is 22.7 Å². The molecule has 0 saturated carbocycles. The molecule has 1 amide bonds.